The van der Waals surface area contributed by atoms with Gasteiger partial charge in [-0.15, -0.1) is 0 Å². The number of nitrogens with two attached hydrogens (primary N) is 1. The third-order valence-corrected chi connectivity index (χ3v) is 3.93. The van der Waals surface area contributed by atoms with Crippen LogP contribution >= 0.6 is 0 Å². The molecule has 1 amide bonds. The molecule has 120 valence electrons. The summed E-state index contributed by atoms with van der Waals surface area (Å²) in [7, 11) is 6.92. The van der Waals surface area contributed by atoms with Gasteiger partial charge in [0.2, 0.25) is 0 Å². The van der Waals surface area contributed by atoms with Crippen molar-refractivity contribution in [1.82, 2.24) is 19.4 Å². The van der Waals surface area contributed by atoms with Gasteiger partial charge in [-0.05, 0) is 18.2 Å². The minimum atomic E-state index is -0.202. The van der Waals surface area contributed by atoms with Crippen LogP contribution in [0.25, 0.3) is 22.6 Å². The highest BCUT2D eigenvalue weighted by molar-refractivity contribution is 5.99. The van der Waals surface area contributed by atoms with Crippen molar-refractivity contribution in [1.29, 1.82) is 0 Å². The van der Waals surface area contributed by atoms with Crippen molar-refractivity contribution < 1.29 is 9.53 Å². The van der Waals surface area contributed by atoms with Crippen molar-refractivity contribution in [2.75, 3.05) is 19.9 Å². The number of methoxy groups -OCH3 is 1. The summed E-state index contributed by atoms with van der Waals surface area (Å²) in [5, 5.41) is 2.62. The van der Waals surface area contributed by atoms with Crippen LogP contribution in [-0.4, -0.2) is 34.2 Å². The van der Waals surface area contributed by atoms with Crippen LogP contribution in [0.15, 0.2) is 24.4 Å². The quantitative estimate of drug-likeness (QED) is 0.718. The lowest BCUT2D eigenvalue weighted by Crippen LogP contribution is -2.17. The van der Waals surface area contributed by atoms with Gasteiger partial charge in [0.25, 0.3) is 5.91 Å². The Balaban J connectivity index is 2.28. The molecule has 0 saturated carbocycles. The van der Waals surface area contributed by atoms with E-state index in [1.807, 2.05) is 41.4 Å². The maximum absolute atomic E-state index is 12.0. The first-order valence-electron chi connectivity index (χ1n) is 7.15. The standard InChI is InChI=1S/C16H19N5O2/c1-18-16(22)10-8-20(2)13(14(10)23-4)15-19-11-7-9(17)5-6-12(11)21(15)3/h5-8H,17H2,1-4H3,(H,18,22). The minimum Gasteiger partial charge on any atom is -0.494 e. The monoisotopic (exact) mass is 313 g/mol. The number of hydrogen-bond donors (Lipinski definition) is 2. The fourth-order valence-electron chi connectivity index (χ4n) is 2.80. The molecule has 0 bridgehead atoms. The zero-order valence-electron chi connectivity index (χ0n) is 13.5. The van der Waals surface area contributed by atoms with Gasteiger partial charge in [0.15, 0.2) is 11.6 Å². The number of ether oxygens (including phenoxy) is 1. The molecule has 3 N–H and O–H groups in total. The SMILES string of the molecule is CNC(=O)c1cn(C)c(-c2nc3cc(N)ccc3n2C)c1OC. The van der Waals surface area contributed by atoms with E-state index in [0.29, 0.717) is 22.8 Å². The first-order valence-corrected chi connectivity index (χ1v) is 7.15. The second-order valence-corrected chi connectivity index (χ2v) is 5.36. The van der Waals surface area contributed by atoms with Gasteiger partial charge in [-0.2, -0.15) is 0 Å². The number of fused-ring (bicyclic) bond motifs is 1. The summed E-state index contributed by atoms with van der Waals surface area (Å²) < 4.78 is 9.29. The van der Waals surface area contributed by atoms with Crippen molar-refractivity contribution >= 4 is 22.6 Å². The number of amides is 1. The molecule has 0 aliphatic carbocycles. The number of nitrogens with one attached hydrogen (secondary N) is 1. The molecule has 3 rings (SSSR count). The summed E-state index contributed by atoms with van der Waals surface area (Å²) in [4.78, 5) is 16.7. The first-order chi connectivity index (χ1) is 11.0. The maximum Gasteiger partial charge on any atom is 0.256 e. The molecule has 3 aromatic rings. The molecule has 7 heteroatoms. The molecule has 0 atom stereocenters. The van der Waals surface area contributed by atoms with E-state index in [0.717, 1.165) is 16.7 Å². The number of benzene rings is 1. The maximum atomic E-state index is 12.0. The van der Waals surface area contributed by atoms with Crippen LogP contribution < -0.4 is 15.8 Å². The zero-order chi connectivity index (χ0) is 16.7. The van der Waals surface area contributed by atoms with Crippen LogP contribution in [0.5, 0.6) is 5.75 Å². The van der Waals surface area contributed by atoms with Crippen molar-refractivity contribution in [2.24, 2.45) is 14.1 Å². The molecular formula is C16H19N5O2. The van der Waals surface area contributed by atoms with Crippen LogP contribution in [0.1, 0.15) is 10.4 Å². The molecule has 0 spiro atoms. The predicted molar refractivity (Wildman–Crippen MR) is 89.5 cm³/mol. The highest BCUT2D eigenvalue weighted by atomic mass is 16.5. The van der Waals surface area contributed by atoms with Gasteiger partial charge >= 0.3 is 0 Å². The van der Waals surface area contributed by atoms with Crippen LogP contribution in [-0.2, 0) is 14.1 Å². The van der Waals surface area contributed by atoms with Gasteiger partial charge in [0.1, 0.15) is 5.69 Å². The molecule has 0 aliphatic rings. The second kappa shape index (κ2) is 5.35. The highest BCUT2D eigenvalue weighted by Gasteiger charge is 2.24. The van der Waals surface area contributed by atoms with Gasteiger partial charge < -0.3 is 24.9 Å². The van der Waals surface area contributed by atoms with Gasteiger partial charge in [0, 0.05) is 33.0 Å². The summed E-state index contributed by atoms with van der Waals surface area (Å²) >= 11 is 0. The lowest BCUT2D eigenvalue weighted by molar-refractivity contribution is 0.0960. The van der Waals surface area contributed by atoms with Crippen molar-refractivity contribution in [2.45, 2.75) is 0 Å². The van der Waals surface area contributed by atoms with E-state index in [1.54, 1.807) is 20.4 Å². The van der Waals surface area contributed by atoms with Gasteiger partial charge in [-0.25, -0.2) is 4.98 Å². The Labute approximate surface area is 133 Å². The molecule has 2 heterocycles. The summed E-state index contributed by atoms with van der Waals surface area (Å²) in [6, 6.07) is 5.59. The van der Waals surface area contributed by atoms with E-state index in [2.05, 4.69) is 10.3 Å². The topological polar surface area (TPSA) is 87.1 Å². The largest absolute Gasteiger partial charge is 0.494 e. The average Bonchev–Trinajstić information content (AvgIpc) is 3.03. The zero-order valence-corrected chi connectivity index (χ0v) is 13.5. The van der Waals surface area contributed by atoms with Gasteiger partial charge in [-0.1, -0.05) is 0 Å². The predicted octanol–water partition coefficient (Wildman–Crippen LogP) is 1.53. The van der Waals surface area contributed by atoms with Crippen molar-refractivity contribution in [3.63, 3.8) is 0 Å². The Morgan fingerprint density at radius 1 is 1.35 bits per heavy atom. The Hall–Kier alpha value is -2.96. The van der Waals surface area contributed by atoms with E-state index in [1.165, 1.54) is 0 Å². The molecule has 23 heavy (non-hydrogen) atoms. The number of imidazole rings is 1. The Kier molecular flexibility index (Phi) is 3.48. The third-order valence-electron chi connectivity index (χ3n) is 3.93. The number of aryl methyl sites for hydroxylation is 2. The third kappa shape index (κ3) is 2.21. The van der Waals surface area contributed by atoms with Crippen LogP contribution in [0.2, 0.25) is 0 Å². The van der Waals surface area contributed by atoms with Gasteiger partial charge in [0.05, 0.1) is 23.7 Å². The average molecular weight is 313 g/mol. The first kappa shape index (κ1) is 15.0. The number of carbonyl (C=O) groups is 1. The van der Waals surface area contributed by atoms with Crippen molar-refractivity contribution in [3.05, 3.63) is 30.0 Å². The Bertz CT molecular complexity index is 907. The van der Waals surface area contributed by atoms with E-state index in [9.17, 15) is 4.79 Å². The van der Waals surface area contributed by atoms with Crippen LogP contribution in [0, 0.1) is 0 Å². The summed E-state index contributed by atoms with van der Waals surface area (Å²) in [6.45, 7) is 0. The Morgan fingerprint density at radius 3 is 2.74 bits per heavy atom. The van der Waals surface area contributed by atoms with E-state index in [4.69, 9.17) is 10.5 Å². The van der Waals surface area contributed by atoms with E-state index in [-0.39, 0.29) is 5.91 Å². The molecule has 0 aliphatic heterocycles. The number of nitrogen functional groups attached to an aromatic ring is 1. The molecule has 0 saturated heterocycles. The molecule has 0 unspecified atom stereocenters. The smallest absolute Gasteiger partial charge is 0.256 e. The normalized spacial score (nSPS) is 11.0. The highest BCUT2D eigenvalue weighted by Crippen LogP contribution is 2.35. The lowest BCUT2D eigenvalue weighted by atomic mass is 10.2. The summed E-state index contributed by atoms with van der Waals surface area (Å²) in [5.41, 5.74) is 9.46. The molecule has 1 aromatic carbocycles. The Morgan fingerprint density at radius 2 is 2.09 bits per heavy atom. The number of aromatic nitrogens is 3. The molecule has 2 aromatic heterocycles. The molecule has 0 fully saturated rings. The molecular weight excluding hydrogens is 294 g/mol. The lowest BCUT2D eigenvalue weighted by Gasteiger charge is -2.08. The summed E-state index contributed by atoms with van der Waals surface area (Å²) in [6.07, 6.45) is 1.74. The fraction of sp³-hybridized carbons (Fsp3) is 0.250. The summed E-state index contributed by atoms with van der Waals surface area (Å²) in [5.74, 6) is 1.00. The number of nitrogens with zero attached hydrogens (tertiary/aromatic N) is 3. The molecule has 7 nitrogen and oxygen atoms in total. The van der Waals surface area contributed by atoms with Crippen molar-refractivity contribution in [3.8, 4) is 17.3 Å². The van der Waals surface area contributed by atoms with Gasteiger partial charge in [-0.3, -0.25) is 4.79 Å². The number of carbonyl (C=O) groups excluding carboxylic acids is 1. The van der Waals surface area contributed by atoms with Crippen LogP contribution in [0.4, 0.5) is 5.69 Å². The fourth-order valence-corrected chi connectivity index (χ4v) is 2.80. The van der Waals surface area contributed by atoms with Crippen LogP contribution in [0.3, 0.4) is 0 Å². The van der Waals surface area contributed by atoms with E-state index < -0.39 is 0 Å². The minimum absolute atomic E-state index is 0.202. The second-order valence-electron chi connectivity index (χ2n) is 5.36. The van der Waals surface area contributed by atoms with E-state index >= 15 is 0 Å². The number of hydrogen-bond acceptors (Lipinski definition) is 4. The number of anilines is 1. The number of rotatable bonds is 3. The molecule has 0 radical (unpaired) electrons.